The van der Waals surface area contributed by atoms with E-state index in [2.05, 4.69) is 5.32 Å². The number of nitrogens with zero attached hydrogens (tertiary/aromatic N) is 1. The lowest BCUT2D eigenvalue weighted by Crippen LogP contribution is -2.36. The number of anilines is 1. The smallest absolute Gasteiger partial charge is 0.243 e. The Balaban J connectivity index is 3.33. The normalized spacial score (nSPS) is 11.9. The summed E-state index contributed by atoms with van der Waals surface area (Å²) in [7, 11) is -1.96. The van der Waals surface area contributed by atoms with E-state index >= 15 is 0 Å². The first-order valence-electron chi connectivity index (χ1n) is 6.39. The fourth-order valence-corrected chi connectivity index (χ4v) is 4.04. The molecule has 0 saturated carbocycles. The van der Waals surface area contributed by atoms with Gasteiger partial charge in [0.15, 0.2) is 0 Å². The molecular weight excluding hydrogens is 280 g/mol. The molecule has 0 aliphatic heterocycles. The molecule has 0 atom stereocenters. The van der Waals surface area contributed by atoms with E-state index in [0.29, 0.717) is 11.1 Å². The Morgan fingerprint density at radius 3 is 1.90 bits per heavy atom. The van der Waals surface area contributed by atoms with E-state index in [9.17, 15) is 8.42 Å². The van der Waals surface area contributed by atoms with Crippen LogP contribution in [0.4, 0.5) is 5.69 Å². The number of rotatable bonds is 7. The Morgan fingerprint density at radius 2 is 1.55 bits per heavy atom. The molecule has 0 radical (unpaired) electrons. The first-order chi connectivity index (χ1) is 9.38. The van der Waals surface area contributed by atoms with Crippen molar-refractivity contribution in [3.63, 3.8) is 0 Å². The third-order valence-electron chi connectivity index (χ3n) is 3.05. The quantitative estimate of drug-likeness (QED) is 0.675. The van der Waals surface area contributed by atoms with Gasteiger partial charge in [-0.15, -0.1) is 0 Å². The van der Waals surface area contributed by atoms with Crippen molar-refractivity contribution in [2.75, 3.05) is 38.7 Å². The topological polar surface area (TPSA) is 89.9 Å². The molecule has 0 unspecified atom stereocenters. The van der Waals surface area contributed by atoms with Crippen molar-refractivity contribution in [3.8, 4) is 0 Å². The van der Waals surface area contributed by atoms with Crippen molar-refractivity contribution >= 4 is 15.7 Å². The van der Waals surface area contributed by atoms with Crippen LogP contribution in [0.25, 0.3) is 0 Å². The molecule has 0 amide bonds. The summed E-state index contributed by atoms with van der Waals surface area (Å²) in [5.74, 6) is 0. The summed E-state index contributed by atoms with van der Waals surface area (Å²) in [6.07, 6.45) is 0. The van der Waals surface area contributed by atoms with E-state index in [-0.39, 0.29) is 31.2 Å². The van der Waals surface area contributed by atoms with Gasteiger partial charge in [-0.2, -0.15) is 4.31 Å². The lowest BCUT2D eigenvalue weighted by Gasteiger charge is -2.23. The summed E-state index contributed by atoms with van der Waals surface area (Å²) < 4.78 is 26.4. The van der Waals surface area contributed by atoms with Gasteiger partial charge in [0.2, 0.25) is 10.0 Å². The van der Waals surface area contributed by atoms with E-state index in [1.54, 1.807) is 33.0 Å². The summed E-state index contributed by atoms with van der Waals surface area (Å²) in [6, 6.07) is 3.52. The van der Waals surface area contributed by atoms with E-state index in [1.807, 2.05) is 0 Å². The van der Waals surface area contributed by atoms with Crippen LogP contribution in [0.1, 0.15) is 11.1 Å². The highest BCUT2D eigenvalue weighted by atomic mass is 32.2. The Bertz CT molecular complexity index is 528. The van der Waals surface area contributed by atoms with Gasteiger partial charge >= 0.3 is 0 Å². The van der Waals surface area contributed by atoms with Gasteiger partial charge in [-0.1, -0.05) is 0 Å². The molecule has 0 aliphatic carbocycles. The Labute approximate surface area is 120 Å². The second kappa shape index (κ2) is 7.03. The van der Waals surface area contributed by atoms with Crippen LogP contribution in [-0.2, 0) is 10.0 Å². The van der Waals surface area contributed by atoms with Crippen molar-refractivity contribution in [2.45, 2.75) is 18.7 Å². The largest absolute Gasteiger partial charge is 0.395 e. The second-order valence-corrected chi connectivity index (χ2v) is 6.42. The van der Waals surface area contributed by atoms with Gasteiger partial charge in [0.05, 0.1) is 18.1 Å². The van der Waals surface area contributed by atoms with E-state index in [4.69, 9.17) is 10.2 Å². The summed E-state index contributed by atoms with van der Waals surface area (Å²) in [6.45, 7) is 2.83. The van der Waals surface area contributed by atoms with Crippen molar-refractivity contribution in [3.05, 3.63) is 23.3 Å². The van der Waals surface area contributed by atoms with Crippen molar-refractivity contribution < 1.29 is 18.6 Å². The number of aliphatic hydroxyl groups excluding tert-OH is 2. The monoisotopic (exact) mass is 302 g/mol. The number of hydrogen-bond donors (Lipinski definition) is 3. The van der Waals surface area contributed by atoms with E-state index in [0.717, 1.165) is 9.99 Å². The molecule has 0 fully saturated rings. The predicted molar refractivity (Wildman–Crippen MR) is 78.4 cm³/mol. The second-order valence-electron chi connectivity index (χ2n) is 4.54. The molecule has 3 N–H and O–H groups in total. The van der Waals surface area contributed by atoms with Crippen LogP contribution < -0.4 is 5.32 Å². The summed E-state index contributed by atoms with van der Waals surface area (Å²) >= 11 is 0. The third-order valence-corrected chi connectivity index (χ3v) is 5.25. The van der Waals surface area contributed by atoms with Gasteiger partial charge in [-0.05, 0) is 37.1 Å². The number of nitrogens with one attached hydrogen (secondary N) is 1. The molecule has 114 valence electrons. The molecule has 7 heteroatoms. The lowest BCUT2D eigenvalue weighted by molar-refractivity contribution is 0.217. The van der Waals surface area contributed by atoms with Gasteiger partial charge in [0.1, 0.15) is 0 Å². The van der Waals surface area contributed by atoms with Gasteiger partial charge in [0.25, 0.3) is 0 Å². The third kappa shape index (κ3) is 3.49. The molecule has 0 aromatic heterocycles. The molecular formula is C13H22N2O4S. The first-order valence-corrected chi connectivity index (χ1v) is 7.83. The highest BCUT2D eigenvalue weighted by Crippen LogP contribution is 2.26. The Kier molecular flexibility index (Phi) is 5.94. The standard InChI is InChI=1S/C13H22N2O4S/c1-10-8-12(14-3)9-11(2)13(10)20(18,19)15(4-6-16)5-7-17/h8-9,14,16-17H,4-7H2,1-3H3. The SMILES string of the molecule is CNc1cc(C)c(S(=O)(=O)N(CCO)CCO)c(C)c1. The van der Waals surface area contributed by atoms with Crippen LogP contribution >= 0.6 is 0 Å². The van der Waals surface area contributed by atoms with Crippen LogP contribution in [0.5, 0.6) is 0 Å². The van der Waals surface area contributed by atoms with Gasteiger partial charge < -0.3 is 15.5 Å². The van der Waals surface area contributed by atoms with Crippen molar-refractivity contribution in [1.29, 1.82) is 0 Å². The van der Waals surface area contributed by atoms with Crippen LogP contribution in [-0.4, -0.2) is 56.3 Å². The fourth-order valence-electron chi connectivity index (χ4n) is 2.21. The minimum absolute atomic E-state index is 0.0322. The molecule has 0 spiro atoms. The lowest BCUT2D eigenvalue weighted by atomic mass is 10.1. The minimum atomic E-state index is -3.73. The molecule has 1 aromatic rings. The average Bonchev–Trinajstić information content (AvgIpc) is 2.37. The average molecular weight is 302 g/mol. The summed E-state index contributed by atoms with van der Waals surface area (Å²) in [5.41, 5.74) is 2.11. The molecule has 1 aromatic carbocycles. The van der Waals surface area contributed by atoms with Gasteiger partial charge in [-0.3, -0.25) is 0 Å². The maximum Gasteiger partial charge on any atom is 0.243 e. The summed E-state index contributed by atoms with van der Waals surface area (Å²) in [5, 5.41) is 21.0. The van der Waals surface area contributed by atoms with Gasteiger partial charge in [-0.25, -0.2) is 8.42 Å². The van der Waals surface area contributed by atoms with Crippen LogP contribution in [0.15, 0.2) is 17.0 Å². The van der Waals surface area contributed by atoms with E-state index in [1.165, 1.54) is 0 Å². The minimum Gasteiger partial charge on any atom is -0.395 e. The van der Waals surface area contributed by atoms with Crippen molar-refractivity contribution in [2.24, 2.45) is 0 Å². The summed E-state index contributed by atoms with van der Waals surface area (Å²) in [4.78, 5) is 0.235. The van der Waals surface area contributed by atoms with Crippen molar-refractivity contribution in [1.82, 2.24) is 4.31 Å². The maximum absolute atomic E-state index is 12.6. The zero-order valence-corrected chi connectivity index (χ0v) is 12.9. The highest BCUT2D eigenvalue weighted by molar-refractivity contribution is 7.89. The molecule has 1 rings (SSSR count). The van der Waals surface area contributed by atoms with E-state index < -0.39 is 10.0 Å². The molecule has 20 heavy (non-hydrogen) atoms. The van der Waals surface area contributed by atoms with Crippen LogP contribution in [0.3, 0.4) is 0 Å². The van der Waals surface area contributed by atoms with Crippen LogP contribution in [0, 0.1) is 13.8 Å². The first kappa shape index (κ1) is 16.9. The highest BCUT2D eigenvalue weighted by Gasteiger charge is 2.27. The molecule has 0 heterocycles. The number of benzene rings is 1. The van der Waals surface area contributed by atoms with Gasteiger partial charge in [0, 0.05) is 25.8 Å². The Hall–Kier alpha value is -1.15. The number of aliphatic hydroxyl groups is 2. The number of aryl methyl sites for hydroxylation is 2. The molecule has 0 aliphatic rings. The molecule has 6 nitrogen and oxygen atoms in total. The van der Waals surface area contributed by atoms with Crippen LogP contribution in [0.2, 0.25) is 0 Å². The number of hydrogen-bond acceptors (Lipinski definition) is 5. The maximum atomic E-state index is 12.6. The Morgan fingerprint density at radius 1 is 1.10 bits per heavy atom. The molecule has 0 bridgehead atoms. The molecule has 0 saturated heterocycles. The zero-order valence-electron chi connectivity index (χ0n) is 12.0. The number of sulfonamides is 1. The fraction of sp³-hybridized carbons (Fsp3) is 0.538. The zero-order chi connectivity index (χ0) is 15.3. The predicted octanol–water partition coefficient (Wildman–Crippen LogP) is 0.320.